The fourth-order valence-electron chi connectivity index (χ4n) is 1.75. The third-order valence-corrected chi connectivity index (χ3v) is 4.92. The van der Waals surface area contributed by atoms with E-state index in [1.807, 2.05) is 6.07 Å². The quantitative estimate of drug-likeness (QED) is 0.817. The van der Waals surface area contributed by atoms with Gasteiger partial charge in [-0.05, 0) is 64.8 Å². The summed E-state index contributed by atoms with van der Waals surface area (Å²) in [5, 5.41) is 8.88. The van der Waals surface area contributed by atoms with Crippen molar-refractivity contribution in [3.8, 4) is 6.07 Å². The Morgan fingerprint density at radius 3 is 2.57 bits per heavy atom. The molecule has 0 saturated carbocycles. The van der Waals surface area contributed by atoms with E-state index in [4.69, 9.17) is 11.0 Å². The zero-order valence-corrected chi connectivity index (χ0v) is 13.5. The van der Waals surface area contributed by atoms with Gasteiger partial charge in [0, 0.05) is 10.2 Å². The molecule has 0 fully saturated rings. The molecule has 7 heteroatoms. The molecule has 0 aromatic heterocycles. The highest BCUT2D eigenvalue weighted by molar-refractivity contribution is 9.10. The Labute approximate surface area is 131 Å². The van der Waals surface area contributed by atoms with Crippen LogP contribution in [0.5, 0.6) is 0 Å². The molecule has 0 saturated heterocycles. The van der Waals surface area contributed by atoms with Gasteiger partial charge in [-0.2, -0.15) is 5.26 Å². The molecule has 0 unspecified atom stereocenters. The van der Waals surface area contributed by atoms with Crippen LogP contribution in [0.4, 0.5) is 11.4 Å². The van der Waals surface area contributed by atoms with Crippen LogP contribution in [-0.4, -0.2) is 8.42 Å². The van der Waals surface area contributed by atoms with Gasteiger partial charge < -0.3 is 5.73 Å². The summed E-state index contributed by atoms with van der Waals surface area (Å²) >= 11 is 3.27. The van der Waals surface area contributed by atoms with Crippen molar-refractivity contribution in [3.63, 3.8) is 0 Å². The third kappa shape index (κ3) is 3.35. The number of nitrogens with one attached hydrogen (secondary N) is 1. The molecule has 21 heavy (non-hydrogen) atoms. The highest BCUT2D eigenvalue weighted by Crippen LogP contribution is 2.27. The van der Waals surface area contributed by atoms with Crippen LogP contribution in [0, 0.1) is 18.3 Å². The zero-order chi connectivity index (χ0) is 15.6. The average Bonchev–Trinajstić information content (AvgIpc) is 2.42. The number of sulfonamides is 1. The summed E-state index contributed by atoms with van der Waals surface area (Å²) < 4.78 is 27.8. The molecule has 0 bridgehead atoms. The molecule has 2 aromatic carbocycles. The summed E-state index contributed by atoms with van der Waals surface area (Å²) in [6, 6.07) is 11.2. The van der Waals surface area contributed by atoms with Gasteiger partial charge in [0.05, 0.1) is 22.2 Å². The van der Waals surface area contributed by atoms with Gasteiger partial charge in [0.25, 0.3) is 10.0 Å². The van der Waals surface area contributed by atoms with Crippen molar-refractivity contribution in [3.05, 3.63) is 52.0 Å². The Balaban J connectivity index is 2.41. The average molecular weight is 366 g/mol. The lowest BCUT2D eigenvalue weighted by Crippen LogP contribution is -2.13. The third-order valence-electron chi connectivity index (χ3n) is 2.86. The van der Waals surface area contributed by atoms with Gasteiger partial charge in [0.2, 0.25) is 0 Å². The van der Waals surface area contributed by atoms with Gasteiger partial charge in [-0.1, -0.05) is 0 Å². The van der Waals surface area contributed by atoms with Crippen LogP contribution in [0.25, 0.3) is 0 Å². The molecule has 3 N–H and O–H groups in total. The standard InChI is InChI=1S/C14H12BrN3O2S/c1-9-6-12(4-2-10(9)8-16)21(19,20)18-14-7-11(17)3-5-13(14)15/h2-7,18H,17H2,1H3. The first-order valence-electron chi connectivity index (χ1n) is 5.92. The number of anilines is 2. The van der Waals surface area contributed by atoms with E-state index >= 15 is 0 Å². The maximum Gasteiger partial charge on any atom is 0.261 e. The van der Waals surface area contributed by atoms with E-state index in [0.717, 1.165) is 0 Å². The number of nitriles is 1. The van der Waals surface area contributed by atoms with Crippen LogP contribution in [0.1, 0.15) is 11.1 Å². The summed E-state index contributed by atoms with van der Waals surface area (Å²) in [7, 11) is -3.75. The number of hydrogen-bond donors (Lipinski definition) is 2. The lowest BCUT2D eigenvalue weighted by molar-refractivity contribution is 0.601. The summed E-state index contributed by atoms with van der Waals surface area (Å²) in [6.07, 6.45) is 0. The van der Waals surface area contributed by atoms with E-state index in [0.29, 0.717) is 27.0 Å². The number of aryl methyl sites for hydroxylation is 1. The number of benzene rings is 2. The molecule has 0 aliphatic carbocycles. The number of nitrogen functional groups attached to an aromatic ring is 1. The van der Waals surface area contributed by atoms with Gasteiger partial charge in [-0.3, -0.25) is 4.72 Å². The van der Waals surface area contributed by atoms with Gasteiger partial charge in [0.1, 0.15) is 0 Å². The van der Waals surface area contributed by atoms with Crippen molar-refractivity contribution in [2.75, 3.05) is 10.5 Å². The Morgan fingerprint density at radius 2 is 1.95 bits per heavy atom. The van der Waals surface area contributed by atoms with Gasteiger partial charge in [-0.15, -0.1) is 0 Å². The molecule has 0 atom stereocenters. The molecule has 5 nitrogen and oxygen atoms in total. The fraction of sp³-hybridized carbons (Fsp3) is 0.0714. The van der Waals surface area contributed by atoms with Gasteiger partial charge in [-0.25, -0.2) is 8.42 Å². The SMILES string of the molecule is Cc1cc(S(=O)(=O)Nc2cc(N)ccc2Br)ccc1C#N. The lowest BCUT2D eigenvalue weighted by atomic mass is 10.1. The first-order valence-corrected chi connectivity index (χ1v) is 8.20. The van der Waals surface area contributed by atoms with Crippen LogP contribution < -0.4 is 10.5 Å². The predicted molar refractivity (Wildman–Crippen MR) is 85.3 cm³/mol. The molecule has 0 heterocycles. The monoisotopic (exact) mass is 365 g/mol. The summed E-state index contributed by atoms with van der Waals surface area (Å²) in [6.45, 7) is 1.69. The second-order valence-electron chi connectivity index (χ2n) is 4.43. The van der Waals surface area contributed by atoms with Crippen molar-refractivity contribution in [2.45, 2.75) is 11.8 Å². The normalized spacial score (nSPS) is 10.9. The molecule has 0 aliphatic heterocycles. The second kappa shape index (κ2) is 5.76. The molecule has 2 aromatic rings. The molecule has 0 radical (unpaired) electrons. The molecule has 108 valence electrons. The van der Waals surface area contributed by atoms with Crippen molar-refractivity contribution >= 4 is 37.3 Å². The van der Waals surface area contributed by atoms with E-state index < -0.39 is 10.0 Å². The molecule has 2 rings (SSSR count). The largest absolute Gasteiger partial charge is 0.399 e. The Morgan fingerprint density at radius 1 is 1.24 bits per heavy atom. The van der Waals surface area contributed by atoms with Crippen molar-refractivity contribution < 1.29 is 8.42 Å². The highest BCUT2D eigenvalue weighted by Gasteiger charge is 2.16. The van der Waals surface area contributed by atoms with Crippen molar-refractivity contribution in [2.24, 2.45) is 0 Å². The van der Waals surface area contributed by atoms with Gasteiger partial charge >= 0.3 is 0 Å². The number of nitrogens with two attached hydrogens (primary N) is 1. The van der Waals surface area contributed by atoms with Crippen LogP contribution >= 0.6 is 15.9 Å². The molecule has 0 spiro atoms. The molecule has 0 amide bonds. The van der Waals surface area contributed by atoms with Gasteiger partial charge in [0.15, 0.2) is 0 Å². The van der Waals surface area contributed by atoms with Crippen LogP contribution in [0.3, 0.4) is 0 Å². The number of nitrogens with zero attached hydrogens (tertiary/aromatic N) is 1. The minimum absolute atomic E-state index is 0.0910. The minimum atomic E-state index is -3.75. The number of hydrogen-bond acceptors (Lipinski definition) is 4. The molecule has 0 aliphatic rings. The van der Waals surface area contributed by atoms with Crippen LogP contribution in [0.15, 0.2) is 45.8 Å². The Kier molecular flexibility index (Phi) is 4.21. The summed E-state index contributed by atoms with van der Waals surface area (Å²) in [5.41, 5.74) is 7.51. The van der Waals surface area contributed by atoms with Crippen LogP contribution in [-0.2, 0) is 10.0 Å². The van der Waals surface area contributed by atoms with E-state index in [2.05, 4.69) is 20.7 Å². The second-order valence-corrected chi connectivity index (χ2v) is 6.97. The maximum absolute atomic E-state index is 12.4. The maximum atomic E-state index is 12.4. The van der Waals surface area contributed by atoms with Crippen LogP contribution in [0.2, 0.25) is 0 Å². The van der Waals surface area contributed by atoms with E-state index in [9.17, 15) is 8.42 Å². The number of rotatable bonds is 3. The fourth-order valence-corrected chi connectivity index (χ4v) is 3.39. The molecular formula is C14H12BrN3O2S. The first-order chi connectivity index (χ1) is 9.83. The summed E-state index contributed by atoms with van der Waals surface area (Å²) in [5.74, 6) is 0. The van der Waals surface area contributed by atoms with E-state index in [1.54, 1.807) is 19.1 Å². The smallest absolute Gasteiger partial charge is 0.261 e. The van der Waals surface area contributed by atoms with Crippen molar-refractivity contribution in [1.82, 2.24) is 0 Å². The first kappa shape index (κ1) is 15.4. The highest BCUT2D eigenvalue weighted by atomic mass is 79.9. The zero-order valence-electron chi connectivity index (χ0n) is 11.1. The Hall–Kier alpha value is -2.04. The topological polar surface area (TPSA) is 96.0 Å². The Bertz CT molecular complexity index is 842. The van der Waals surface area contributed by atoms with Crippen molar-refractivity contribution in [1.29, 1.82) is 5.26 Å². The minimum Gasteiger partial charge on any atom is -0.399 e. The summed E-state index contributed by atoms with van der Waals surface area (Å²) in [4.78, 5) is 0.0910. The number of halogens is 1. The molecular weight excluding hydrogens is 354 g/mol. The predicted octanol–water partition coefficient (Wildman–Crippen LogP) is 3.01. The van der Waals surface area contributed by atoms with E-state index in [-0.39, 0.29) is 4.90 Å². The van der Waals surface area contributed by atoms with E-state index in [1.165, 1.54) is 24.3 Å². The lowest BCUT2D eigenvalue weighted by Gasteiger charge is -2.11.